The van der Waals surface area contributed by atoms with E-state index >= 15 is 0 Å². The van der Waals surface area contributed by atoms with Crippen molar-refractivity contribution in [3.05, 3.63) is 83.9 Å². The molecular formula is C22H14O5. The standard InChI is InChI=1S/C22H14O5/c23-20-18-4-2-1-3-13(18)8-10-19(20)22(26)27-17-9-7-14-11-16(21(24)25)6-5-15(14)12-17/h1-12,23H,(H,24,25). The first kappa shape index (κ1) is 16.6. The fraction of sp³-hybridized carbons (Fsp3) is 0. The fourth-order valence-corrected chi connectivity index (χ4v) is 3.00. The summed E-state index contributed by atoms with van der Waals surface area (Å²) < 4.78 is 5.40. The third-order valence-corrected chi connectivity index (χ3v) is 4.39. The number of carbonyl (C=O) groups is 2. The Kier molecular flexibility index (Phi) is 3.97. The van der Waals surface area contributed by atoms with Crippen LogP contribution in [-0.2, 0) is 0 Å². The Morgan fingerprint density at radius 3 is 2.30 bits per heavy atom. The van der Waals surface area contributed by atoms with Gasteiger partial charge in [-0.2, -0.15) is 0 Å². The smallest absolute Gasteiger partial charge is 0.347 e. The largest absolute Gasteiger partial charge is 0.506 e. The normalized spacial score (nSPS) is 10.8. The van der Waals surface area contributed by atoms with Crippen LogP contribution in [-0.4, -0.2) is 22.2 Å². The Morgan fingerprint density at radius 2 is 1.48 bits per heavy atom. The van der Waals surface area contributed by atoms with Crippen LogP contribution in [0.3, 0.4) is 0 Å². The van der Waals surface area contributed by atoms with Crippen molar-refractivity contribution in [3.63, 3.8) is 0 Å². The van der Waals surface area contributed by atoms with Crippen molar-refractivity contribution in [1.82, 2.24) is 0 Å². The lowest BCUT2D eigenvalue weighted by molar-refractivity contribution is 0.0694. The lowest BCUT2D eigenvalue weighted by Gasteiger charge is -2.09. The number of carbonyl (C=O) groups excluding carboxylic acids is 1. The monoisotopic (exact) mass is 358 g/mol. The molecule has 0 aliphatic heterocycles. The summed E-state index contributed by atoms with van der Waals surface area (Å²) in [6, 6.07) is 20.1. The molecule has 2 N–H and O–H groups in total. The van der Waals surface area contributed by atoms with Gasteiger partial charge < -0.3 is 14.9 Å². The second-order valence-electron chi connectivity index (χ2n) is 6.10. The molecule has 0 aliphatic rings. The number of aromatic hydroxyl groups is 1. The third kappa shape index (κ3) is 3.06. The van der Waals surface area contributed by atoms with E-state index in [0.717, 1.165) is 16.2 Å². The van der Waals surface area contributed by atoms with Crippen LogP contribution >= 0.6 is 0 Å². The minimum atomic E-state index is -1.00. The van der Waals surface area contributed by atoms with Crippen LogP contribution in [0.5, 0.6) is 11.5 Å². The van der Waals surface area contributed by atoms with Crippen LogP contribution in [0.4, 0.5) is 0 Å². The molecule has 4 aromatic carbocycles. The number of benzene rings is 4. The van der Waals surface area contributed by atoms with E-state index < -0.39 is 11.9 Å². The topological polar surface area (TPSA) is 83.8 Å². The van der Waals surface area contributed by atoms with Gasteiger partial charge in [0.15, 0.2) is 0 Å². The number of rotatable bonds is 3. The Labute approximate surface area is 154 Å². The van der Waals surface area contributed by atoms with Gasteiger partial charge in [-0.3, -0.25) is 0 Å². The van der Waals surface area contributed by atoms with E-state index in [1.54, 1.807) is 48.5 Å². The number of aromatic carboxylic acids is 1. The van der Waals surface area contributed by atoms with Gasteiger partial charge in [-0.15, -0.1) is 0 Å². The highest BCUT2D eigenvalue weighted by molar-refractivity contribution is 6.02. The van der Waals surface area contributed by atoms with E-state index in [2.05, 4.69) is 0 Å². The summed E-state index contributed by atoms with van der Waals surface area (Å²) in [4.78, 5) is 23.5. The molecule has 0 spiro atoms. The van der Waals surface area contributed by atoms with Gasteiger partial charge in [0.25, 0.3) is 0 Å². The average Bonchev–Trinajstić information content (AvgIpc) is 2.68. The van der Waals surface area contributed by atoms with Gasteiger partial charge in [-0.1, -0.05) is 42.5 Å². The zero-order chi connectivity index (χ0) is 19.0. The van der Waals surface area contributed by atoms with Crippen molar-refractivity contribution in [2.45, 2.75) is 0 Å². The minimum Gasteiger partial charge on any atom is -0.506 e. The first-order chi connectivity index (χ1) is 13.0. The molecule has 0 unspecified atom stereocenters. The molecule has 0 fully saturated rings. The number of hydrogen-bond donors (Lipinski definition) is 2. The van der Waals surface area contributed by atoms with Crippen molar-refractivity contribution < 1.29 is 24.5 Å². The number of fused-ring (bicyclic) bond motifs is 2. The van der Waals surface area contributed by atoms with E-state index in [1.807, 2.05) is 12.1 Å². The number of carboxylic acids is 1. The molecule has 0 amide bonds. The maximum atomic E-state index is 12.5. The molecule has 0 bridgehead atoms. The maximum Gasteiger partial charge on any atom is 0.347 e. The predicted molar refractivity (Wildman–Crippen MR) is 101 cm³/mol. The van der Waals surface area contributed by atoms with E-state index in [-0.39, 0.29) is 16.9 Å². The molecule has 0 radical (unpaired) electrons. The highest BCUT2D eigenvalue weighted by atomic mass is 16.5. The lowest BCUT2D eigenvalue weighted by Crippen LogP contribution is -2.08. The van der Waals surface area contributed by atoms with Gasteiger partial charge in [0.2, 0.25) is 0 Å². The van der Waals surface area contributed by atoms with Crippen molar-refractivity contribution in [2.24, 2.45) is 0 Å². The van der Waals surface area contributed by atoms with Gasteiger partial charge in [-0.25, -0.2) is 9.59 Å². The van der Waals surface area contributed by atoms with Gasteiger partial charge in [-0.05, 0) is 46.5 Å². The number of phenols is 1. The summed E-state index contributed by atoms with van der Waals surface area (Å²) in [6.45, 7) is 0. The van der Waals surface area contributed by atoms with Crippen LogP contribution in [0.15, 0.2) is 72.8 Å². The molecule has 4 rings (SSSR count). The molecule has 0 saturated carbocycles. The SMILES string of the molecule is O=C(O)c1ccc2cc(OC(=O)c3ccc4ccccc4c3O)ccc2c1. The Hall–Kier alpha value is -3.86. The highest BCUT2D eigenvalue weighted by Gasteiger charge is 2.16. The van der Waals surface area contributed by atoms with E-state index in [9.17, 15) is 14.7 Å². The number of ether oxygens (including phenoxy) is 1. The van der Waals surface area contributed by atoms with Crippen LogP contribution < -0.4 is 4.74 Å². The molecule has 132 valence electrons. The first-order valence-corrected chi connectivity index (χ1v) is 8.23. The molecule has 4 aromatic rings. The van der Waals surface area contributed by atoms with E-state index in [4.69, 9.17) is 9.84 Å². The van der Waals surface area contributed by atoms with E-state index in [1.165, 1.54) is 12.1 Å². The summed E-state index contributed by atoms with van der Waals surface area (Å²) >= 11 is 0. The second kappa shape index (κ2) is 6.46. The van der Waals surface area contributed by atoms with Crippen molar-refractivity contribution in [3.8, 4) is 11.5 Å². The molecular weight excluding hydrogens is 344 g/mol. The summed E-state index contributed by atoms with van der Waals surface area (Å²) in [5.41, 5.74) is 0.267. The molecule has 27 heavy (non-hydrogen) atoms. The summed E-state index contributed by atoms with van der Waals surface area (Å²) in [7, 11) is 0. The predicted octanol–water partition coefficient (Wildman–Crippen LogP) is 4.62. The fourth-order valence-electron chi connectivity index (χ4n) is 3.00. The third-order valence-electron chi connectivity index (χ3n) is 4.39. The molecule has 0 aliphatic carbocycles. The summed E-state index contributed by atoms with van der Waals surface area (Å²) in [5.74, 6) is -1.48. The van der Waals surface area contributed by atoms with Crippen LogP contribution in [0.2, 0.25) is 0 Å². The maximum absolute atomic E-state index is 12.5. The molecule has 0 atom stereocenters. The quantitative estimate of drug-likeness (QED) is 0.412. The van der Waals surface area contributed by atoms with Crippen molar-refractivity contribution in [1.29, 1.82) is 0 Å². The number of esters is 1. The summed E-state index contributed by atoms with van der Waals surface area (Å²) in [5, 5.41) is 22.3. The van der Waals surface area contributed by atoms with Gasteiger partial charge >= 0.3 is 11.9 Å². The summed E-state index contributed by atoms with van der Waals surface area (Å²) in [6.07, 6.45) is 0. The minimum absolute atomic E-state index is 0.0787. The molecule has 5 nitrogen and oxygen atoms in total. The first-order valence-electron chi connectivity index (χ1n) is 8.23. The zero-order valence-electron chi connectivity index (χ0n) is 14.0. The average molecular weight is 358 g/mol. The number of carboxylic acid groups (broad SMARTS) is 1. The van der Waals surface area contributed by atoms with Gasteiger partial charge in [0, 0.05) is 5.39 Å². The van der Waals surface area contributed by atoms with Crippen molar-refractivity contribution in [2.75, 3.05) is 0 Å². The lowest BCUT2D eigenvalue weighted by atomic mass is 10.1. The molecule has 0 aromatic heterocycles. The Morgan fingerprint density at radius 1 is 0.778 bits per heavy atom. The van der Waals surface area contributed by atoms with Crippen molar-refractivity contribution >= 4 is 33.5 Å². The zero-order valence-corrected chi connectivity index (χ0v) is 14.0. The number of phenolic OH excluding ortho intramolecular Hbond substituents is 1. The Bertz CT molecular complexity index is 1210. The van der Waals surface area contributed by atoms with E-state index in [0.29, 0.717) is 11.1 Å². The molecule has 5 heteroatoms. The van der Waals surface area contributed by atoms with Gasteiger partial charge in [0.1, 0.15) is 17.1 Å². The second-order valence-corrected chi connectivity index (χ2v) is 6.10. The Balaban J connectivity index is 1.65. The van der Waals surface area contributed by atoms with Crippen LogP contribution in [0, 0.1) is 0 Å². The number of hydrogen-bond acceptors (Lipinski definition) is 4. The molecule has 0 heterocycles. The van der Waals surface area contributed by atoms with Crippen LogP contribution in [0.1, 0.15) is 20.7 Å². The molecule has 0 saturated heterocycles. The van der Waals surface area contributed by atoms with Crippen LogP contribution in [0.25, 0.3) is 21.5 Å². The van der Waals surface area contributed by atoms with Gasteiger partial charge in [0.05, 0.1) is 5.56 Å². The highest BCUT2D eigenvalue weighted by Crippen LogP contribution is 2.30.